The summed E-state index contributed by atoms with van der Waals surface area (Å²) >= 11 is -0.272. The lowest BCUT2D eigenvalue weighted by Crippen LogP contribution is -2.45. The van der Waals surface area contributed by atoms with Gasteiger partial charge < -0.3 is 5.73 Å². The van der Waals surface area contributed by atoms with E-state index >= 15 is 0 Å². The smallest absolute Gasteiger partial charge is 0.327 e. The third-order valence-electron chi connectivity index (χ3n) is 3.12. The van der Waals surface area contributed by atoms with Gasteiger partial charge in [0, 0.05) is 24.0 Å². The Morgan fingerprint density at radius 3 is 2.38 bits per heavy atom. The molecule has 1 aliphatic rings. The van der Waals surface area contributed by atoms with Crippen molar-refractivity contribution in [1.29, 1.82) is 0 Å². The van der Waals surface area contributed by atoms with Crippen LogP contribution in [0.3, 0.4) is 0 Å². The van der Waals surface area contributed by atoms with Crippen molar-refractivity contribution in [3.63, 3.8) is 0 Å². The van der Waals surface area contributed by atoms with Crippen molar-refractivity contribution in [3.8, 4) is 0 Å². The molecular formula is C12H15F3N2O2S2. The van der Waals surface area contributed by atoms with Crippen molar-refractivity contribution in [1.82, 2.24) is 4.31 Å². The molecule has 0 amide bonds. The maximum Gasteiger partial charge on any atom is 0.446 e. The lowest BCUT2D eigenvalue weighted by molar-refractivity contribution is -0.0328. The number of rotatable bonds is 3. The normalized spacial score (nSPS) is 21.4. The molecule has 1 heterocycles. The van der Waals surface area contributed by atoms with Crippen molar-refractivity contribution in [2.24, 2.45) is 5.73 Å². The quantitative estimate of drug-likeness (QED) is 0.859. The second kappa shape index (κ2) is 6.15. The standard InChI is InChI=1S/C12H15F3N2O2S2/c13-12(14,15)20-10-3-5-11(6-4-10)21(18,19)17-7-1-2-9(16)8-17/h3-6,9H,1-2,7-8,16H2. The monoisotopic (exact) mass is 340 g/mol. The van der Waals surface area contributed by atoms with Crippen LogP contribution < -0.4 is 5.73 Å². The van der Waals surface area contributed by atoms with Gasteiger partial charge in [-0.25, -0.2) is 8.42 Å². The number of nitrogens with two attached hydrogens (primary N) is 1. The molecule has 1 aliphatic heterocycles. The molecule has 9 heteroatoms. The van der Waals surface area contributed by atoms with Gasteiger partial charge in [-0.15, -0.1) is 0 Å². The Balaban J connectivity index is 2.17. The maximum atomic E-state index is 12.4. The van der Waals surface area contributed by atoms with Gasteiger partial charge in [-0.05, 0) is 48.9 Å². The first kappa shape index (κ1) is 16.6. The van der Waals surface area contributed by atoms with Crippen molar-refractivity contribution < 1.29 is 21.6 Å². The minimum absolute atomic E-state index is 0.0110. The molecule has 118 valence electrons. The molecule has 1 unspecified atom stereocenters. The van der Waals surface area contributed by atoms with Gasteiger partial charge in [-0.3, -0.25) is 0 Å². The number of hydrogen-bond donors (Lipinski definition) is 1. The molecule has 0 bridgehead atoms. The fourth-order valence-corrected chi connectivity index (χ4v) is 4.23. The Labute approximate surface area is 125 Å². The van der Waals surface area contributed by atoms with Crippen LogP contribution in [0.25, 0.3) is 0 Å². The van der Waals surface area contributed by atoms with Crippen LogP contribution in [0, 0.1) is 0 Å². The zero-order valence-electron chi connectivity index (χ0n) is 11.0. The van der Waals surface area contributed by atoms with Crippen molar-refractivity contribution >= 4 is 21.8 Å². The van der Waals surface area contributed by atoms with Crippen LogP contribution in [0.15, 0.2) is 34.1 Å². The van der Waals surface area contributed by atoms with Crippen molar-refractivity contribution in [3.05, 3.63) is 24.3 Å². The Bertz CT molecular complexity index is 588. The molecule has 1 aromatic rings. The number of sulfonamides is 1. The first-order chi connectivity index (χ1) is 9.68. The lowest BCUT2D eigenvalue weighted by Gasteiger charge is -2.29. The van der Waals surface area contributed by atoms with E-state index in [9.17, 15) is 21.6 Å². The number of hydrogen-bond acceptors (Lipinski definition) is 4. The highest BCUT2D eigenvalue weighted by atomic mass is 32.2. The largest absolute Gasteiger partial charge is 0.446 e. The van der Waals surface area contributed by atoms with Crippen LogP contribution >= 0.6 is 11.8 Å². The molecule has 21 heavy (non-hydrogen) atoms. The highest BCUT2D eigenvalue weighted by molar-refractivity contribution is 8.00. The number of benzene rings is 1. The second-order valence-corrected chi connectivity index (χ2v) is 7.86. The predicted molar refractivity (Wildman–Crippen MR) is 74.3 cm³/mol. The van der Waals surface area contributed by atoms with E-state index in [1.165, 1.54) is 16.4 Å². The van der Waals surface area contributed by atoms with Crippen LogP contribution in [0.5, 0.6) is 0 Å². The average Bonchev–Trinajstić information content (AvgIpc) is 2.37. The number of alkyl halides is 3. The minimum atomic E-state index is -4.39. The van der Waals surface area contributed by atoms with Crippen LogP contribution in [0.4, 0.5) is 13.2 Å². The van der Waals surface area contributed by atoms with E-state index in [2.05, 4.69) is 0 Å². The van der Waals surface area contributed by atoms with Crippen LogP contribution in [-0.2, 0) is 10.0 Å². The fraction of sp³-hybridized carbons (Fsp3) is 0.500. The minimum Gasteiger partial charge on any atom is -0.327 e. The fourth-order valence-electron chi connectivity index (χ4n) is 2.15. The number of nitrogens with zero attached hydrogens (tertiary/aromatic N) is 1. The van der Waals surface area contributed by atoms with Gasteiger partial charge >= 0.3 is 5.51 Å². The van der Waals surface area contributed by atoms with E-state index in [0.29, 0.717) is 13.0 Å². The van der Waals surface area contributed by atoms with Crippen LogP contribution in [0.2, 0.25) is 0 Å². The summed E-state index contributed by atoms with van der Waals surface area (Å²) in [4.78, 5) is -0.0556. The van der Waals surface area contributed by atoms with E-state index in [1.54, 1.807) is 0 Å². The Morgan fingerprint density at radius 2 is 1.86 bits per heavy atom. The number of halogens is 3. The molecular weight excluding hydrogens is 325 g/mol. The SMILES string of the molecule is NC1CCCN(S(=O)(=O)c2ccc(SC(F)(F)F)cc2)C1. The Morgan fingerprint density at radius 1 is 1.24 bits per heavy atom. The predicted octanol–water partition coefficient (Wildman–Crippen LogP) is 2.41. The molecule has 2 N–H and O–H groups in total. The van der Waals surface area contributed by atoms with E-state index in [1.807, 2.05) is 0 Å². The van der Waals surface area contributed by atoms with Gasteiger partial charge in [-0.2, -0.15) is 17.5 Å². The Hall–Kier alpha value is -0.770. The molecule has 1 saturated heterocycles. The summed E-state index contributed by atoms with van der Waals surface area (Å²) in [5.41, 5.74) is 1.37. The van der Waals surface area contributed by atoms with Crippen LogP contribution in [-0.4, -0.2) is 37.4 Å². The summed E-state index contributed by atoms with van der Waals surface area (Å²) in [6.07, 6.45) is 1.45. The summed E-state index contributed by atoms with van der Waals surface area (Å²) in [6.45, 7) is 0.621. The van der Waals surface area contributed by atoms with Gasteiger partial charge in [0.2, 0.25) is 10.0 Å². The van der Waals surface area contributed by atoms with Gasteiger partial charge in [0.1, 0.15) is 0 Å². The molecule has 0 aromatic heterocycles. The highest BCUT2D eigenvalue weighted by Gasteiger charge is 2.31. The molecule has 4 nitrogen and oxygen atoms in total. The second-order valence-electron chi connectivity index (χ2n) is 4.78. The summed E-state index contributed by atoms with van der Waals surface area (Å²) in [5.74, 6) is 0. The molecule has 1 atom stereocenters. The van der Waals surface area contributed by atoms with Gasteiger partial charge in [0.15, 0.2) is 0 Å². The molecule has 0 aliphatic carbocycles. The zero-order chi connectivity index (χ0) is 15.7. The maximum absolute atomic E-state index is 12.4. The molecule has 1 aromatic carbocycles. The summed E-state index contributed by atoms with van der Waals surface area (Å²) < 4.78 is 62.7. The Kier molecular flexibility index (Phi) is 4.86. The van der Waals surface area contributed by atoms with Crippen molar-refractivity contribution in [2.75, 3.05) is 13.1 Å². The first-order valence-corrected chi connectivity index (χ1v) is 8.56. The van der Waals surface area contributed by atoms with E-state index in [0.717, 1.165) is 18.6 Å². The lowest BCUT2D eigenvalue weighted by atomic mass is 10.1. The molecule has 1 fully saturated rings. The number of thioether (sulfide) groups is 1. The zero-order valence-corrected chi connectivity index (χ0v) is 12.6. The van der Waals surface area contributed by atoms with Gasteiger partial charge in [-0.1, -0.05) is 0 Å². The molecule has 0 spiro atoms. The van der Waals surface area contributed by atoms with Crippen LogP contribution in [0.1, 0.15) is 12.8 Å². The number of piperidine rings is 1. The first-order valence-electron chi connectivity index (χ1n) is 6.30. The van der Waals surface area contributed by atoms with Gasteiger partial charge in [0.05, 0.1) is 4.90 Å². The summed E-state index contributed by atoms with van der Waals surface area (Å²) in [7, 11) is -3.69. The molecule has 0 radical (unpaired) electrons. The van der Waals surface area contributed by atoms with E-state index in [-0.39, 0.29) is 34.1 Å². The van der Waals surface area contributed by atoms with E-state index < -0.39 is 15.5 Å². The molecule has 2 rings (SSSR count). The summed E-state index contributed by atoms with van der Waals surface area (Å²) in [5, 5.41) is 0. The average molecular weight is 340 g/mol. The van der Waals surface area contributed by atoms with Crippen molar-refractivity contribution in [2.45, 2.75) is 34.2 Å². The molecule has 0 saturated carbocycles. The third kappa shape index (κ3) is 4.35. The topological polar surface area (TPSA) is 63.4 Å². The highest BCUT2D eigenvalue weighted by Crippen LogP contribution is 2.37. The third-order valence-corrected chi connectivity index (χ3v) is 5.73. The van der Waals surface area contributed by atoms with Gasteiger partial charge in [0.25, 0.3) is 0 Å². The summed E-state index contributed by atoms with van der Waals surface area (Å²) in [6, 6.07) is 4.52. The van der Waals surface area contributed by atoms with E-state index in [4.69, 9.17) is 5.73 Å².